The van der Waals surface area contributed by atoms with E-state index in [2.05, 4.69) is 37.5 Å². The second-order valence-corrected chi connectivity index (χ2v) is 8.34. The molecule has 10 nitrogen and oxygen atoms in total. The quantitative estimate of drug-likeness (QED) is 0.290. The number of H-pyrrole nitrogens is 1. The molecule has 0 radical (unpaired) electrons. The molecule has 22 heavy (non-hydrogen) atoms. The average molecular weight is 441 g/mol. The summed E-state index contributed by atoms with van der Waals surface area (Å²) in [5, 5.41) is 0. The van der Waals surface area contributed by atoms with Crippen molar-refractivity contribution in [1.82, 2.24) is 19.5 Å². The largest absolute Gasteiger partial charge is 0.369 e. The van der Waals surface area contributed by atoms with Gasteiger partial charge in [-0.2, -0.15) is 4.98 Å². The number of anilines is 1. The van der Waals surface area contributed by atoms with Crippen molar-refractivity contribution in [3.05, 3.63) is 16.7 Å². The third kappa shape index (κ3) is 2.91. The standard InChI is InChI=1S/C10H13IN5O5P/c11-4-1-6(22(18,19)20)21-5(4)2-16-3-13-7-8(16)14-10(12)15-9(7)17/h3-6H,1-2H2,(H2,18,19,20)(H3,12,14,15,17)/t4-,5-,6-/m1/s1. The monoisotopic (exact) mass is 441 g/mol. The number of ether oxygens (including phenoxy) is 1. The minimum Gasteiger partial charge on any atom is -0.369 e. The van der Waals surface area contributed by atoms with Gasteiger partial charge in [0.15, 0.2) is 17.0 Å². The van der Waals surface area contributed by atoms with E-state index in [4.69, 9.17) is 10.5 Å². The van der Waals surface area contributed by atoms with E-state index in [-0.39, 0.29) is 28.4 Å². The van der Waals surface area contributed by atoms with Crippen molar-refractivity contribution in [1.29, 1.82) is 0 Å². The first-order chi connectivity index (χ1) is 10.3. The number of nitrogens with zero attached hydrogens (tertiary/aromatic N) is 3. The first kappa shape index (κ1) is 15.9. The molecule has 2 aromatic heterocycles. The maximum absolute atomic E-state index is 11.7. The maximum Gasteiger partial charge on any atom is 0.354 e. The zero-order chi connectivity index (χ0) is 16.1. The van der Waals surface area contributed by atoms with E-state index in [9.17, 15) is 19.1 Å². The summed E-state index contributed by atoms with van der Waals surface area (Å²) < 4.78 is 18.3. The first-order valence-corrected chi connectivity index (χ1v) is 9.24. The molecule has 12 heteroatoms. The lowest BCUT2D eigenvalue weighted by atomic mass is 10.2. The second kappa shape index (κ2) is 5.57. The minimum absolute atomic E-state index is 0.0225. The Kier molecular flexibility index (Phi) is 4.01. The summed E-state index contributed by atoms with van der Waals surface area (Å²) in [6.45, 7) is 0.274. The number of imidazole rings is 1. The van der Waals surface area contributed by atoms with Gasteiger partial charge in [0.2, 0.25) is 5.95 Å². The van der Waals surface area contributed by atoms with Crippen molar-refractivity contribution in [2.24, 2.45) is 0 Å². The Morgan fingerprint density at radius 2 is 2.32 bits per heavy atom. The van der Waals surface area contributed by atoms with Crippen molar-refractivity contribution >= 4 is 47.3 Å². The van der Waals surface area contributed by atoms with Gasteiger partial charge in [-0.1, -0.05) is 22.6 Å². The van der Waals surface area contributed by atoms with Crippen LogP contribution in [0.25, 0.3) is 11.2 Å². The van der Waals surface area contributed by atoms with Crippen molar-refractivity contribution in [2.45, 2.75) is 28.8 Å². The topological polar surface area (TPSA) is 156 Å². The molecule has 2 aromatic rings. The van der Waals surface area contributed by atoms with Crippen LogP contribution in [0, 0.1) is 0 Å². The van der Waals surface area contributed by atoms with Crippen LogP contribution in [0.4, 0.5) is 5.95 Å². The number of nitrogen functional groups attached to an aromatic ring is 1. The normalized spacial score (nSPS) is 25.9. The van der Waals surface area contributed by atoms with Gasteiger partial charge in [-0.25, -0.2) is 4.98 Å². The Balaban J connectivity index is 1.88. The Bertz CT molecular complexity index is 816. The van der Waals surface area contributed by atoms with Crippen LogP contribution in [0.2, 0.25) is 0 Å². The van der Waals surface area contributed by atoms with Crippen molar-refractivity contribution < 1.29 is 19.1 Å². The highest BCUT2D eigenvalue weighted by Crippen LogP contribution is 2.49. The molecule has 0 aliphatic carbocycles. The Morgan fingerprint density at radius 1 is 1.59 bits per heavy atom. The molecule has 0 spiro atoms. The number of alkyl halides is 1. The van der Waals surface area contributed by atoms with Crippen molar-refractivity contribution in [2.75, 3.05) is 5.73 Å². The molecule has 0 amide bonds. The van der Waals surface area contributed by atoms with Gasteiger partial charge in [0, 0.05) is 3.92 Å². The number of hydrogen-bond acceptors (Lipinski definition) is 6. The smallest absolute Gasteiger partial charge is 0.354 e. The predicted molar refractivity (Wildman–Crippen MR) is 85.7 cm³/mol. The lowest BCUT2D eigenvalue weighted by molar-refractivity contribution is 0.0646. The van der Waals surface area contributed by atoms with Crippen LogP contribution in [0.3, 0.4) is 0 Å². The summed E-state index contributed by atoms with van der Waals surface area (Å²) in [6.07, 6.45) is 1.28. The number of rotatable bonds is 3. The highest BCUT2D eigenvalue weighted by Gasteiger charge is 2.42. The molecule has 120 valence electrons. The van der Waals surface area contributed by atoms with E-state index in [0.717, 1.165) is 0 Å². The highest BCUT2D eigenvalue weighted by molar-refractivity contribution is 14.1. The van der Waals surface area contributed by atoms with Crippen molar-refractivity contribution in [3.63, 3.8) is 0 Å². The molecule has 0 bridgehead atoms. The van der Waals surface area contributed by atoms with Gasteiger partial charge < -0.3 is 24.8 Å². The van der Waals surface area contributed by atoms with Crippen LogP contribution in [0.15, 0.2) is 11.1 Å². The highest BCUT2D eigenvalue weighted by atomic mass is 127. The SMILES string of the molecule is Nc1nc2c(ncn2C[C@H]2O[C@H](P(=O)(O)O)C[C@H]2I)c(=O)[nH]1. The van der Waals surface area contributed by atoms with Gasteiger partial charge in [-0.3, -0.25) is 14.3 Å². The summed E-state index contributed by atoms with van der Waals surface area (Å²) in [6, 6.07) is 0. The molecule has 3 heterocycles. The zero-order valence-corrected chi connectivity index (χ0v) is 14.1. The summed E-state index contributed by atoms with van der Waals surface area (Å²) in [5.74, 6) is -1.12. The van der Waals surface area contributed by atoms with Crippen LogP contribution < -0.4 is 11.3 Å². The number of aromatic nitrogens is 4. The van der Waals surface area contributed by atoms with E-state index < -0.39 is 25.1 Å². The van der Waals surface area contributed by atoms with Crippen molar-refractivity contribution in [3.8, 4) is 0 Å². The van der Waals surface area contributed by atoms with Gasteiger partial charge in [0.05, 0.1) is 19.0 Å². The number of fused-ring (bicyclic) bond motifs is 1. The van der Waals surface area contributed by atoms with Gasteiger partial charge >= 0.3 is 7.60 Å². The predicted octanol–water partition coefficient (Wildman–Crippen LogP) is -0.202. The fourth-order valence-electron chi connectivity index (χ4n) is 2.36. The summed E-state index contributed by atoms with van der Waals surface area (Å²) >= 11 is 2.10. The molecule has 0 unspecified atom stereocenters. The third-order valence-corrected chi connectivity index (χ3v) is 5.80. The fourth-order valence-corrected chi connectivity index (χ4v) is 4.44. The molecule has 0 saturated carbocycles. The second-order valence-electron chi connectivity index (χ2n) is 4.99. The van der Waals surface area contributed by atoms with E-state index in [0.29, 0.717) is 5.65 Å². The lowest BCUT2D eigenvalue weighted by Gasteiger charge is -2.16. The van der Waals surface area contributed by atoms with Crippen LogP contribution in [0.5, 0.6) is 0 Å². The van der Waals surface area contributed by atoms with Crippen LogP contribution in [-0.2, 0) is 15.8 Å². The molecule has 3 rings (SSSR count). The number of halogens is 1. The summed E-state index contributed by atoms with van der Waals surface area (Å²) in [7, 11) is -4.28. The number of hydrogen-bond donors (Lipinski definition) is 4. The maximum atomic E-state index is 11.7. The third-order valence-electron chi connectivity index (χ3n) is 3.41. The Hall–Kier alpha value is -1.01. The molecule has 1 saturated heterocycles. The number of nitrogens with two attached hydrogens (primary N) is 1. The van der Waals surface area contributed by atoms with Gasteiger partial charge in [-0.15, -0.1) is 0 Å². The molecular formula is C10H13IN5O5P. The molecule has 1 aliphatic heterocycles. The average Bonchev–Trinajstić information content (AvgIpc) is 2.95. The molecule has 3 atom stereocenters. The number of nitrogens with one attached hydrogen (secondary N) is 1. The first-order valence-electron chi connectivity index (χ1n) is 6.31. The Labute approximate surface area is 137 Å². The van der Waals surface area contributed by atoms with Crippen LogP contribution >= 0.6 is 30.2 Å². The van der Waals surface area contributed by atoms with E-state index >= 15 is 0 Å². The van der Waals surface area contributed by atoms with E-state index in [1.165, 1.54) is 6.33 Å². The van der Waals surface area contributed by atoms with Crippen LogP contribution in [-0.4, -0.2) is 45.2 Å². The fraction of sp³-hybridized carbons (Fsp3) is 0.500. The molecule has 1 fully saturated rings. The summed E-state index contributed by atoms with van der Waals surface area (Å²) in [5.41, 5.74) is 5.56. The van der Waals surface area contributed by atoms with Gasteiger partial charge in [0.1, 0.15) is 0 Å². The number of aromatic amines is 1. The van der Waals surface area contributed by atoms with Crippen LogP contribution in [0.1, 0.15) is 6.42 Å². The molecule has 0 aromatic carbocycles. The molecule has 1 aliphatic rings. The lowest BCUT2D eigenvalue weighted by Crippen LogP contribution is -2.23. The molecule has 5 N–H and O–H groups in total. The molecular weight excluding hydrogens is 428 g/mol. The van der Waals surface area contributed by atoms with Gasteiger partial charge in [-0.05, 0) is 6.42 Å². The van der Waals surface area contributed by atoms with E-state index in [1.54, 1.807) is 4.57 Å². The van der Waals surface area contributed by atoms with Gasteiger partial charge in [0.25, 0.3) is 5.56 Å². The zero-order valence-electron chi connectivity index (χ0n) is 11.1. The Morgan fingerprint density at radius 3 is 2.95 bits per heavy atom. The van der Waals surface area contributed by atoms with E-state index in [1.807, 2.05) is 0 Å². The minimum atomic E-state index is -4.28. The summed E-state index contributed by atoms with van der Waals surface area (Å²) in [4.78, 5) is 40.5.